The number of carbonyl (C=O) groups is 2. The zero-order valence-corrected chi connectivity index (χ0v) is 14.9. The van der Waals surface area contributed by atoms with Crippen molar-refractivity contribution >= 4 is 29.0 Å². The molecule has 0 radical (unpaired) electrons. The lowest BCUT2D eigenvalue weighted by atomic mass is 9.73. The minimum absolute atomic E-state index is 0.00000903. The van der Waals surface area contributed by atoms with Gasteiger partial charge in [-0.2, -0.15) is 0 Å². The molecule has 2 amide bonds. The van der Waals surface area contributed by atoms with Crippen LogP contribution in [0.2, 0.25) is 0 Å². The van der Waals surface area contributed by atoms with E-state index >= 15 is 0 Å². The fraction of sp³-hybridized carbons (Fsp3) is 0.444. The first-order valence-electron chi connectivity index (χ1n) is 8.67. The number of para-hydroxylation sites is 1. The van der Waals surface area contributed by atoms with E-state index in [1.54, 1.807) is 0 Å². The number of benzene rings is 1. The van der Waals surface area contributed by atoms with Crippen molar-refractivity contribution in [3.8, 4) is 0 Å². The van der Waals surface area contributed by atoms with Crippen LogP contribution in [0, 0.1) is 0 Å². The number of likely N-dealkylation sites (tertiary alicyclic amines) is 1. The third kappa shape index (κ3) is 2.54. The fourth-order valence-corrected chi connectivity index (χ4v) is 4.55. The molecule has 3 heterocycles. The van der Waals surface area contributed by atoms with E-state index in [2.05, 4.69) is 21.8 Å². The van der Waals surface area contributed by atoms with E-state index in [9.17, 15) is 9.59 Å². The van der Waals surface area contributed by atoms with E-state index in [1.807, 2.05) is 29.2 Å². The van der Waals surface area contributed by atoms with E-state index in [0.717, 1.165) is 29.8 Å². The number of piperidine rings is 1. The lowest BCUT2D eigenvalue weighted by Crippen LogP contribution is -2.48. The van der Waals surface area contributed by atoms with Crippen LogP contribution in [-0.2, 0) is 16.6 Å². The first-order chi connectivity index (χ1) is 12.2. The molecule has 1 fully saturated rings. The SMILES string of the molecule is CCCc1nnsc1C(=O)N1CCC2(CC1)C(=O)Nc1ccccc12. The van der Waals surface area contributed by atoms with Crippen molar-refractivity contribution < 1.29 is 9.59 Å². The molecule has 0 unspecified atom stereocenters. The molecule has 7 heteroatoms. The van der Waals surface area contributed by atoms with Crippen molar-refractivity contribution in [3.63, 3.8) is 0 Å². The number of rotatable bonds is 3. The summed E-state index contributed by atoms with van der Waals surface area (Å²) in [6, 6.07) is 7.87. The molecule has 130 valence electrons. The van der Waals surface area contributed by atoms with Crippen molar-refractivity contribution in [2.75, 3.05) is 18.4 Å². The largest absolute Gasteiger partial charge is 0.338 e. The maximum absolute atomic E-state index is 12.8. The Kier molecular flexibility index (Phi) is 4.03. The highest BCUT2D eigenvalue weighted by molar-refractivity contribution is 7.08. The fourth-order valence-electron chi connectivity index (χ4n) is 3.88. The third-order valence-corrected chi connectivity index (χ3v) is 6.02. The van der Waals surface area contributed by atoms with Crippen LogP contribution in [0.4, 0.5) is 5.69 Å². The molecule has 1 aromatic heterocycles. The van der Waals surface area contributed by atoms with Crippen LogP contribution in [0.15, 0.2) is 24.3 Å². The van der Waals surface area contributed by atoms with Crippen LogP contribution in [0.25, 0.3) is 0 Å². The zero-order valence-electron chi connectivity index (χ0n) is 14.1. The molecule has 4 rings (SSSR count). The quantitative estimate of drug-likeness (QED) is 0.917. The van der Waals surface area contributed by atoms with Gasteiger partial charge in [0.1, 0.15) is 4.88 Å². The molecule has 1 saturated heterocycles. The number of hydrogen-bond acceptors (Lipinski definition) is 5. The lowest BCUT2D eigenvalue weighted by Gasteiger charge is -2.37. The molecule has 0 saturated carbocycles. The summed E-state index contributed by atoms with van der Waals surface area (Å²) in [6.45, 7) is 3.21. The second kappa shape index (κ2) is 6.22. The van der Waals surface area contributed by atoms with Crippen molar-refractivity contribution in [3.05, 3.63) is 40.4 Å². The zero-order chi connectivity index (χ0) is 17.4. The molecule has 0 aliphatic carbocycles. The summed E-state index contributed by atoms with van der Waals surface area (Å²) in [4.78, 5) is 28.0. The Hall–Kier alpha value is -2.28. The summed E-state index contributed by atoms with van der Waals surface area (Å²) in [7, 11) is 0. The van der Waals surface area contributed by atoms with Crippen molar-refractivity contribution in [1.29, 1.82) is 0 Å². The summed E-state index contributed by atoms with van der Waals surface area (Å²) in [5.41, 5.74) is 2.27. The van der Waals surface area contributed by atoms with Gasteiger partial charge in [0.2, 0.25) is 5.91 Å². The van der Waals surface area contributed by atoms with Crippen LogP contribution in [0.3, 0.4) is 0 Å². The number of nitrogens with zero attached hydrogens (tertiary/aromatic N) is 3. The van der Waals surface area contributed by atoms with Gasteiger partial charge in [-0.25, -0.2) is 0 Å². The predicted octanol–water partition coefficient (Wildman–Crippen LogP) is 2.62. The van der Waals surface area contributed by atoms with Gasteiger partial charge in [0.25, 0.3) is 5.91 Å². The van der Waals surface area contributed by atoms with Gasteiger partial charge < -0.3 is 10.2 Å². The molecular formula is C18H20N4O2S. The minimum atomic E-state index is -0.494. The molecule has 1 N–H and O–H groups in total. The van der Waals surface area contributed by atoms with E-state index in [0.29, 0.717) is 30.8 Å². The Morgan fingerprint density at radius 2 is 2.08 bits per heavy atom. The molecule has 1 aromatic carbocycles. The molecule has 0 bridgehead atoms. The maximum atomic E-state index is 12.8. The number of aromatic nitrogens is 2. The number of aryl methyl sites for hydroxylation is 1. The highest BCUT2D eigenvalue weighted by Crippen LogP contribution is 2.44. The molecule has 6 nitrogen and oxygen atoms in total. The van der Waals surface area contributed by atoms with Gasteiger partial charge in [0.15, 0.2) is 0 Å². The lowest BCUT2D eigenvalue weighted by molar-refractivity contribution is -0.122. The number of hydrogen-bond donors (Lipinski definition) is 1. The van der Waals surface area contributed by atoms with E-state index in [-0.39, 0.29) is 11.8 Å². The van der Waals surface area contributed by atoms with Crippen LogP contribution in [-0.4, -0.2) is 39.4 Å². The normalized spacial score (nSPS) is 18.3. The second-order valence-corrected chi connectivity index (χ2v) is 7.43. The standard InChI is InChI=1S/C18H20N4O2S/c1-2-5-14-15(25-21-20-14)16(23)22-10-8-18(9-11-22)12-6-3-4-7-13(12)19-17(18)24/h3-4,6-7H,2,5,8-11H2,1H3,(H,19,24). The van der Waals surface area contributed by atoms with Crippen LogP contribution in [0.1, 0.15) is 47.1 Å². The Morgan fingerprint density at radius 1 is 1.32 bits per heavy atom. The van der Waals surface area contributed by atoms with E-state index < -0.39 is 5.41 Å². The molecular weight excluding hydrogens is 336 g/mol. The molecule has 2 aliphatic heterocycles. The van der Waals surface area contributed by atoms with Gasteiger partial charge in [-0.3, -0.25) is 9.59 Å². The highest BCUT2D eigenvalue weighted by atomic mass is 32.1. The summed E-state index contributed by atoms with van der Waals surface area (Å²) < 4.78 is 3.95. The van der Waals surface area contributed by atoms with Gasteiger partial charge in [0, 0.05) is 18.8 Å². The van der Waals surface area contributed by atoms with E-state index in [4.69, 9.17) is 0 Å². The summed E-state index contributed by atoms with van der Waals surface area (Å²) >= 11 is 1.17. The van der Waals surface area contributed by atoms with Crippen molar-refractivity contribution in [2.45, 2.75) is 38.0 Å². The Balaban J connectivity index is 1.53. The second-order valence-electron chi connectivity index (χ2n) is 6.67. The van der Waals surface area contributed by atoms with Crippen molar-refractivity contribution in [1.82, 2.24) is 14.5 Å². The Morgan fingerprint density at radius 3 is 2.84 bits per heavy atom. The van der Waals surface area contributed by atoms with Gasteiger partial charge >= 0.3 is 0 Å². The topological polar surface area (TPSA) is 75.2 Å². The molecule has 2 aliphatic rings. The average Bonchev–Trinajstić information content (AvgIpc) is 3.19. The summed E-state index contributed by atoms with van der Waals surface area (Å²) in [5.74, 6) is 0.0620. The summed E-state index contributed by atoms with van der Waals surface area (Å²) in [6.07, 6.45) is 3.00. The Labute approximate surface area is 150 Å². The maximum Gasteiger partial charge on any atom is 0.267 e. The highest BCUT2D eigenvalue weighted by Gasteiger charge is 2.48. The number of fused-ring (bicyclic) bond motifs is 2. The average molecular weight is 356 g/mol. The van der Waals surface area contributed by atoms with E-state index in [1.165, 1.54) is 11.5 Å². The van der Waals surface area contributed by atoms with Gasteiger partial charge in [-0.15, -0.1) is 5.10 Å². The number of anilines is 1. The van der Waals surface area contributed by atoms with Crippen LogP contribution >= 0.6 is 11.5 Å². The number of amides is 2. The first kappa shape index (κ1) is 16.2. The molecule has 25 heavy (non-hydrogen) atoms. The molecule has 2 aromatic rings. The smallest absolute Gasteiger partial charge is 0.267 e. The number of carbonyl (C=O) groups excluding carboxylic acids is 2. The monoisotopic (exact) mass is 356 g/mol. The van der Waals surface area contributed by atoms with Crippen LogP contribution in [0.5, 0.6) is 0 Å². The Bertz CT molecular complexity index is 824. The summed E-state index contributed by atoms with van der Waals surface area (Å²) in [5, 5.41) is 7.09. The minimum Gasteiger partial charge on any atom is -0.338 e. The third-order valence-electron chi connectivity index (χ3n) is 5.27. The number of nitrogens with one attached hydrogen (secondary N) is 1. The van der Waals surface area contributed by atoms with Gasteiger partial charge in [-0.05, 0) is 42.4 Å². The molecule has 1 spiro atoms. The molecule has 0 atom stereocenters. The predicted molar refractivity (Wildman–Crippen MR) is 95.8 cm³/mol. The van der Waals surface area contributed by atoms with Crippen molar-refractivity contribution in [2.24, 2.45) is 0 Å². The van der Waals surface area contributed by atoms with Gasteiger partial charge in [0.05, 0.1) is 11.1 Å². The first-order valence-corrected chi connectivity index (χ1v) is 9.44. The van der Waals surface area contributed by atoms with Gasteiger partial charge in [-0.1, -0.05) is 36.0 Å². The van der Waals surface area contributed by atoms with Crippen LogP contribution < -0.4 is 5.32 Å².